The van der Waals surface area contributed by atoms with E-state index in [-0.39, 0.29) is 175 Å². The van der Waals surface area contributed by atoms with E-state index in [4.69, 9.17) is 80.2 Å². The van der Waals surface area contributed by atoms with Gasteiger partial charge in [0.1, 0.15) is 92.7 Å². The van der Waals surface area contributed by atoms with Crippen molar-refractivity contribution in [1.29, 1.82) is 0 Å². The third-order valence-corrected chi connectivity index (χ3v) is 34.0. The molecule has 150 heavy (non-hydrogen) atoms. The van der Waals surface area contributed by atoms with Crippen molar-refractivity contribution in [3.05, 3.63) is 93.0 Å². The fourth-order valence-electron chi connectivity index (χ4n) is 21.1. The largest absolute Gasteiger partial charge is 0.495 e. The molecule has 8 saturated heterocycles. The summed E-state index contributed by atoms with van der Waals surface area (Å²) in [5.41, 5.74) is -1.83. The van der Waals surface area contributed by atoms with Crippen molar-refractivity contribution >= 4 is 165 Å². The van der Waals surface area contributed by atoms with E-state index in [1.165, 1.54) is 109 Å². The third kappa shape index (κ3) is 27.4. The van der Waals surface area contributed by atoms with Gasteiger partial charge in [-0.3, -0.25) is 76.9 Å². The van der Waals surface area contributed by atoms with Crippen molar-refractivity contribution in [3.8, 4) is 11.5 Å². The maximum Gasteiger partial charge on any atom is 0.336 e. The highest BCUT2D eigenvalue weighted by molar-refractivity contribution is 8.00. The van der Waals surface area contributed by atoms with Crippen LogP contribution in [0, 0.1) is 35.5 Å². The molecule has 12 aliphatic rings. The Morgan fingerprint density at radius 1 is 0.500 bits per heavy atom. The van der Waals surface area contributed by atoms with Crippen LogP contribution in [0.3, 0.4) is 0 Å². The highest BCUT2D eigenvalue weighted by atomic mass is 35.5. The van der Waals surface area contributed by atoms with Gasteiger partial charge in [-0.2, -0.15) is 0 Å². The SMILES string of the molecule is C.C.COc1cc2cc(c1Cl)N(C)C(=O)C[C@H](OC(=O)[C@H](C)N(C)C(=O)CCS[C@@H]1CC(=O)N(CC3CCC(C(=O)ON4C(=O)CCC4=O)CC3)C1=O)[C@]1(C)O[C@H]1[C@H](C)[C@@H]1C[C@@](O)(CC(=O)O1)[C@H](OC)/C=C/C=C(\C)C2.COc1cc2cc(c1Cl)N(C)C(=O)C[C@H](OC(=O)[C@H](C)N(C)C(=O)CCS[C@H]1CC(=O)N(CC3CCC(C(=O)ON4C(=O)CCC4=O)CC3)C1=O)[C@]1(C)O[C@H]1[C@H](C)[C@@H]1C[C@@](O)(CC(=O)O1)[C@H](OC)/C=C/C=C(\C)C2. The lowest BCUT2D eigenvalue weighted by molar-refractivity contribution is -0.201. The zero-order valence-corrected chi connectivity index (χ0v) is 89.4. The number of ether oxygens (including phenoxy) is 10. The molecule has 2 aromatic rings. The van der Waals surface area contributed by atoms with E-state index in [0.717, 1.165) is 22.3 Å². The van der Waals surface area contributed by atoms with Crippen molar-refractivity contribution in [1.82, 2.24) is 29.7 Å². The van der Waals surface area contributed by atoms with E-state index in [0.29, 0.717) is 97.2 Å². The van der Waals surface area contributed by atoms with Gasteiger partial charge in [0.2, 0.25) is 47.3 Å². The van der Waals surface area contributed by atoms with Crippen LogP contribution in [0.1, 0.15) is 223 Å². The number of methoxy groups -OCH3 is 4. The molecule has 10 fully saturated rings. The van der Waals surface area contributed by atoms with Crippen LogP contribution in [0.4, 0.5) is 11.4 Å². The van der Waals surface area contributed by atoms with Crippen LogP contribution >= 0.6 is 46.7 Å². The van der Waals surface area contributed by atoms with Crippen LogP contribution in [0.5, 0.6) is 11.5 Å². The fourth-order valence-corrected chi connectivity index (χ4v) is 24.0. The molecule has 18 atom stereocenters. The fraction of sp³-hybridized carbons (Fsp3) is 0.642. The molecule has 10 aliphatic heterocycles. The Bertz CT molecular complexity index is 5260. The smallest absolute Gasteiger partial charge is 0.336 e. The normalized spacial score (nSPS) is 31.9. The molecule has 0 unspecified atom stereocenters. The van der Waals surface area contributed by atoms with Crippen molar-refractivity contribution in [2.75, 3.05) is 91.0 Å². The Labute approximate surface area is 892 Å². The standard InChI is InChI=1S/2C52H67ClN4O16S.2CH4/c2*1-28-10-9-11-38(69-8)52(67)25-36(70-45(63)26-52)29(2)47-51(4,72-47)39(24-43(61)55(6)34-21-32(20-28)22-35(68-7)46(34)53)71-49(65)30(3)54(5)40(58)18-19-74-37-23-44(62)56(48(37)64)27-31-12-14-33(15-13-31)50(66)73-57-41(59)16-17-42(57)60;;/h2*9-11,21-22,29-31,33,36-39,47,67H,12-20,23-27H2,1-8H3;2*1H4/b2*11-9+,28-10+;;/t29-,30+,31?,33?,36+,37+,38-,39+,47+,51+,52-;29-,30+,31?,33?,36+,37-,38-,39+,47+,51+,52-;;/m11../s1. The number of anilines is 2. The summed E-state index contributed by atoms with van der Waals surface area (Å²) >= 11 is 16.0. The van der Waals surface area contributed by atoms with Crippen LogP contribution in [0.2, 0.25) is 10.0 Å². The van der Waals surface area contributed by atoms with Gasteiger partial charge in [-0.25, -0.2) is 19.2 Å². The lowest BCUT2D eigenvalue weighted by Crippen LogP contribution is -2.53. The number of allylic oxidation sites excluding steroid dienone is 6. The molecule has 10 heterocycles. The summed E-state index contributed by atoms with van der Waals surface area (Å²) in [6, 6.07) is 4.78. The number of amides is 12. The number of imide groups is 4. The molecule has 8 bridgehead atoms. The van der Waals surface area contributed by atoms with Gasteiger partial charge in [0, 0.05) is 143 Å². The number of nitrogens with zero attached hydrogens (tertiary/aromatic N) is 8. The summed E-state index contributed by atoms with van der Waals surface area (Å²) < 4.78 is 59.2. The molecule has 0 aromatic heterocycles. The first-order valence-corrected chi connectivity index (χ1v) is 53.0. The number of benzene rings is 2. The molecule has 14 rings (SSSR count). The first kappa shape index (κ1) is 120. The molecule has 2 saturated carbocycles. The predicted octanol–water partition coefficient (Wildman–Crippen LogP) is 10.1. The van der Waals surface area contributed by atoms with E-state index in [1.807, 2.05) is 26.0 Å². The van der Waals surface area contributed by atoms with Crippen molar-refractivity contribution in [2.45, 2.75) is 318 Å². The molecule has 2 aliphatic carbocycles. The summed E-state index contributed by atoms with van der Waals surface area (Å²) in [6.07, 6.45) is 6.22. The number of likely N-dealkylation sites (N-methyl/N-ethyl adjacent to an activating group) is 2. The second-order valence-corrected chi connectivity index (χ2v) is 44.5. The Morgan fingerprint density at radius 3 is 1.17 bits per heavy atom. The maximum atomic E-state index is 14.4. The average Bonchev–Trinajstić information content (AvgIpc) is 1.57. The number of thioether (sulfide) groups is 2. The highest BCUT2D eigenvalue weighted by Gasteiger charge is 2.67. The minimum atomic E-state index is -1.64. The van der Waals surface area contributed by atoms with Crippen molar-refractivity contribution < 1.29 is 154 Å². The molecule has 40 nitrogen and oxygen atoms in total. The van der Waals surface area contributed by atoms with Gasteiger partial charge < -0.3 is 86.9 Å². The highest BCUT2D eigenvalue weighted by Crippen LogP contribution is 2.53. The second kappa shape index (κ2) is 50.5. The lowest BCUT2D eigenvalue weighted by atomic mass is 9.78. The Morgan fingerprint density at radius 2 is 0.840 bits per heavy atom. The van der Waals surface area contributed by atoms with Crippen LogP contribution < -0.4 is 19.3 Å². The monoisotopic (exact) mass is 2170 g/mol. The molecule has 12 amide bonds. The molecular weight excluding hydrogens is 2030 g/mol. The number of fused-ring (bicyclic) bond motifs is 10. The number of halogens is 2. The van der Waals surface area contributed by atoms with Crippen LogP contribution in [-0.4, -0.2) is 322 Å². The van der Waals surface area contributed by atoms with Crippen molar-refractivity contribution in [2.24, 2.45) is 35.5 Å². The zero-order valence-electron chi connectivity index (χ0n) is 86.3. The molecule has 0 spiro atoms. The van der Waals surface area contributed by atoms with Gasteiger partial charge in [0.15, 0.2) is 0 Å². The number of rotatable bonds is 26. The van der Waals surface area contributed by atoms with Gasteiger partial charge in [0.05, 0.1) is 85.8 Å². The van der Waals surface area contributed by atoms with Gasteiger partial charge in [-0.1, -0.05) is 99.5 Å². The Hall–Kier alpha value is -10.7. The summed E-state index contributed by atoms with van der Waals surface area (Å²) in [6.45, 7) is 14.1. The zero-order chi connectivity index (χ0) is 108. The number of carbonyl (C=O) groups is 18. The van der Waals surface area contributed by atoms with Crippen LogP contribution in [-0.2, 0) is 147 Å². The minimum Gasteiger partial charge on any atom is -0.495 e. The minimum absolute atomic E-state index is 0. The third-order valence-electron chi connectivity index (χ3n) is 30.9. The van der Waals surface area contributed by atoms with E-state index >= 15 is 0 Å². The van der Waals surface area contributed by atoms with E-state index in [9.17, 15) is 96.5 Å². The summed E-state index contributed by atoms with van der Waals surface area (Å²) in [5.74, 6) is -10.9. The Kier molecular flexibility index (Phi) is 40.2. The van der Waals surface area contributed by atoms with E-state index < -0.39 is 201 Å². The number of epoxide rings is 2. The number of likely N-dealkylation sites (tertiary alicyclic amines) is 2. The topological polar surface area (TPSA) is 491 Å². The number of aliphatic hydroxyl groups is 2. The quantitative estimate of drug-likeness (QED) is 0.0382. The van der Waals surface area contributed by atoms with Gasteiger partial charge in [0.25, 0.3) is 23.6 Å². The molecule has 0 radical (unpaired) electrons. The van der Waals surface area contributed by atoms with E-state index in [2.05, 4.69) is 0 Å². The van der Waals surface area contributed by atoms with Crippen molar-refractivity contribution in [3.63, 3.8) is 0 Å². The molecule has 2 N–H and O–H groups in total. The maximum absolute atomic E-state index is 14.4. The average molecular weight is 2180 g/mol. The lowest BCUT2D eigenvalue weighted by Gasteiger charge is -2.41. The molecule has 824 valence electrons. The van der Waals surface area contributed by atoms with Gasteiger partial charge in [-0.05, 0) is 153 Å². The molecule has 2 aromatic carbocycles. The van der Waals surface area contributed by atoms with Crippen LogP contribution in [0.15, 0.2) is 71.9 Å². The first-order chi connectivity index (χ1) is 69.9. The number of esters is 4. The van der Waals surface area contributed by atoms with Gasteiger partial charge >= 0.3 is 35.8 Å². The number of hydrogen-bond donors (Lipinski definition) is 2. The summed E-state index contributed by atoms with van der Waals surface area (Å²) in [5, 5.41) is 23.9. The number of hydroxylamine groups is 4. The predicted molar refractivity (Wildman–Crippen MR) is 547 cm³/mol. The van der Waals surface area contributed by atoms with Gasteiger partial charge in [-0.15, -0.1) is 33.7 Å². The molecule has 44 heteroatoms. The van der Waals surface area contributed by atoms with E-state index in [1.54, 1.807) is 90.4 Å². The van der Waals surface area contributed by atoms with Crippen LogP contribution in [0.25, 0.3) is 0 Å². The first-order valence-electron chi connectivity index (χ1n) is 50.1. The number of hydrogen-bond acceptors (Lipinski definition) is 34. The number of carbonyl (C=O) groups excluding carboxylic acids is 18. The summed E-state index contributed by atoms with van der Waals surface area (Å²) in [4.78, 5) is 254. The Balaban J connectivity index is 0.000000281. The summed E-state index contributed by atoms with van der Waals surface area (Å²) in [7, 11) is 11.8. The molecular formula is C106H142Cl2N8O32S2. The second-order valence-electron chi connectivity index (χ2n) is 41.2.